The predicted octanol–water partition coefficient (Wildman–Crippen LogP) is 3.14. The Bertz CT molecular complexity index is 650. The minimum Gasteiger partial charge on any atom is -0.356 e. The third-order valence-electron chi connectivity index (χ3n) is 3.81. The number of aliphatic imine (C=N–C) groups is 1. The fourth-order valence-corrected chi connectivity index (χ4v) is 2.62. The van der Waals surface area contributed by atoms with E-state index in [1.165, 1.54) is 5.56 Å². The molecule has 0 aliphatic rings. The molecule has 0 fully saturated rings. The van der Waals surface area contributed by atoms with Gasteiger partial charge in [0.15, 0.2) is 5.96 Å². The van der Waals surface area contributed by atoms with E-state index in [1.54, 1.807) is 6.33 Å². The maximum absolute atomic E-state index is 4.70. The summed E-state index contributed by atoms with van der Waals surface area (Å²) in [5.41, 5.74) is 1.19. The van der Waals surface area contributed by atoms with E-state index in [0.717, 1.165) is 55.2 Å². The van der Waals surface area contributed by atoms with Gasteiger partial charge in [0.2, 0.25) is 0 Å². The van der Waals surface area contributed by atoms with Gasteiger partial charge < -0.3 is 15.2 Å². The Hall–Kier alpha value is -1.89. The second-order valence-corrected chi connectivity index (χ2v) is 6.71. The van der Waals surface area contributed by atoms with Crippen LogP contribution < -0.4 is 10.6 Å². The quantitative estimate of drug-likeness (QED) is 0.381. The number of aromatic nitrogens is 3. The Labute approximate surface area is 158 Å². The maximum Gasteiger partial charge on any atom is 0.191 e. The number of unbranched alkanes of at least 4 members (excludes halogenated alkanes) is 1. The number of benzene rings is 1. The Morgan fingerprint density at radius 3 is 2.64 bits per heavy atom. The molecule has 0 unspecified atom stereocenters. The molecule has 0 atom stereocenters. The van der Waals surface area contributed by atoms with Gasteiger partial charge in [0, 0.05) is 30.5 Å². The molecule has 0 radical (unpaired) electrons. The molecule has 0 aliphatic carbocycles. The molecule has 0 bridgehead atoms. The SMILES string of the molecule is CCCCNC(=NCc1ccc(Br)cc1)NCCn1cnnc1CC. The fraction of sp³-hybridized carbons (Fsp3) is 0.500. The highest BCUT2D eigenvalue weighted by atomic mass is 79.9. The number of aryl methyl sites for hydroxylation is 1. The summed E-state index contributed by atoms with van der Waals surface area (Å²) in [7, 11) is 0. The third-order valence-corrected chi connectivity index (χ3v) is 4.34. The van der Waals surface area contributed by atoms with E-state index < -0.39 is 0 Å². The van der Waals surface area contributed by atoms with Crippen molar-refractivity contribution in [2.45, 2.75) is 46.2 Å². The second kappa shape index (κ2) is 10.9. The van der Waals surface area contributed by atoms with Crippen molar-refractivity contribution in [3.05, 3.63) is 46.5 Å². The summed E-state index contributed by atoms with van der Waals surface area (Å²) in [4.78, 5) is 4.70. The first-order valence-electron chi connectivity index (χ1n) is 8.86. The average Bonchev–Trinajstić information content (AvgIpc) is 3.08. The van der Waals surface area contributed by atoms with Crippen LogP contribution in [0.1, 0.15) is 38.1 Å². The second-order valence-electron chi connectivity index (χ2n) is 5.79. The average molecular weight is 407 g/mol. The van der Waals surface area contributed by atoms with Gasteiger partial charge in [-0.15, -0.1) is 10.2 Å². The van der Waals surface area contributed by atoms with Crippen molar-refractivity contribution < 1.29 is 0 Å². The van der Waals surface area contributed by atoms with Crippen molar-refractivity contribution in [2.24, 2.45) is 4.99 Å². The van der Waals surface area contributed by atoms with Crippen molar-refractivity contribution in [1.82, 2.24) is 25.4 Å². The smallest absolute Gasteiger partial charge is 0.191 e. The number of hydrogen-bond donors (Lipinski definition) is 2. The molecule has 136 valence electrons. The minimum absolute atomic E-state index is 0.654. The van der Waals surface area contributed by atoms with Crippen LogP contribution in [0.15, 0.2) is 40.1 Å². The summed E-state index contributed by atoms with van der Waals surface area (Å²) in [6, 6.07) is 8.26. The monoisotopic (exact) mass is 406 g/mol. The highest BCUT2D eigenvalue weighted by Crippen LogP contribution is 2.11. The van der Waals surface area contributed by atoms with Crippen LogP contribution in [0.25, 0.3) is 0 Å². The van der Waals surface area contributed by atoms with Crippen molar-refractivity contribution >= 4 is 21.9 Å². The number of nitrogens with one attached hydrogen (secondary N) is 2. The molecule has 7 heteroatoms. The van der Waals surface area contributed by atoms with Crippen LogP contribution in [0.2, 0.25) is 0 Å². The number of halogens is 1. The molecule has 0 aliphatic heterocycles. The molecule has 0 saturated heterocycles. The highest BCUT2D eigenvalue weighted by molar-refractivity contribution is 9.10. The van der Waals surface area contributed by atoms with E-state index in [0.29, 0.717) is 6.54 Å². The Balaban J connectivity index is 1.89. The van der Waals surface area contributed by atoms with Gasteiger partial charge in [-0.25, -0.2) is 4.99 Å². The van der Waals surface area contributed by atoms with Gasteiger partial charge in [0.05, 0.1) is 6.54 Å². The fourth-order valence-electron chi connectivity index (χ4n) is 2.35. The van der Waals surface area contributed by atoms with Crippen molar-refractivity contribution in [1.29, 1.82) is 0 Å². The highest BCUT2D eigenvalue weighted by Gasteiger charge is 2.03. The van der Waals surface area contributed by atoms with Gasteiger partial charge in [-0.2, -0.15) is 0 Å². The predicted molar refractivity (Wildman–Crippen MR) is 106 cm³/mol. The summed E-state index contributed by atoms with van der Waals surface area (Å²) in [6.07, 6.45) is 4.96. The molecule has 2 aromatic rings. The van der Waals surface area contributed by atoms with Crippen LogP contribution in [0.5, 0.6) is 0 Å². The Morgan fingerprint density at radius 1 is 1.16 bits per heavy atom. The topological polar surface area (TPSA) is 67.1 Å². The first-order valence-corrected chi connectivity index (χ1v) is 9.65. The molecule has 1 heterocycles. The molecule has 0 spiro atoms. The number of nitrogens with zero attached hydrogens (tertiary/aromatic N) is 4. The zero-order chi connectivity index (χ0) is 17.9. The first kappa shape index (κ1) is 19.4. The van der Waals surface area contributed by atoms with Crippen molar-refractivity contribution in [3.63, 3.8) is 0 Å². The zero-order valence-corrected chi connectivity index (χ0v) is 16.6. The molecule has 0 saturated carbocycles. The molecule has 6 nitrogen and oxygen atoms in total. The van der Waals surface area contributed by atoms with Gasteiger partial charge >= 0.3 is 0 Å². The third kappa shape index (κ3) is 6.86. The van der Waals surface area contributed by atoms with E-state index in [4.69, 9.17) is 4.99 Å². The zero-order valence-electron chi connectivity index (χ0n) is 15.0. The van der Waals surface area contributed by atoms with Gasteiger partial charge in [-0.05, 0) is 24.1 Å². The Kier molecular flexibility index (Phi) is 8.45. The van der Waals surface area contributed by atoms with E-state index in [2.05, 4.69) is 67.3 Å². The summed E-state index contributed by atoms with van der Waals surface area (Å²) >= 11 is 3.46. The lowest BCUT2D eigenvalue weighted by molar-refractivity contribution is 0.628. The summed E-state index contributed by atoms with van der Waals surface area (Å²) in [5.74, 6) is 1.86. The van der Waals surface area contributed by atoms with E-state index in [1.807, 2.05) is 12.1 Å². The summed E-state index contributed by atoms with van der Waals surface area (Å²) in [6.45, 7) is 7.46. The number of rotatable bonds is 9. The van der Waals surface area contributed by atoms with Gasteiger partial charge in [-0.1, -0.05) is 48.3 Å². The maximum atomic E-state index is 4.70. The van der Waals surface area contributed by atoms with Gasteiger partial charge in [-0.3, -0.25) is 0 Å². The van der Waals surface area contributed by atoms with E-state index in [9.17, 15) is 0 Å². The molecule has 25 heavy (non-hydrogen) atoms. The van der Waals surface area contributed by atoms with Gasteiger partial charge in [0.1, 0.15) is 12.2 Å². The lowest BCUT2D eigenvalue weighted by Crippen LogP contribution is -2.39. The van der Waals surface area contributed by atoms with E-state index >= 15 is 0 Å². The van der Waals surface area contributed by atoms with Crippen molar-refractivity contribution in [3.8, 4) is 0 Å². The molecule has 0 amide bonds. The molecule has 2 N–H and O–H groups in total. The lowest BCUT2D eigenvalue weighted by Gasteiger charge is -2.13. The molecule has 1 aromatic carbocycles. The molecule has 2 rings (SSSR count). The Morgan fingerprint density at radius 2 is 1.92 bits per heavy atom. The van der Waals surface area contributed by atoms with E-state index in [-0.39, 0.29) is 0 Å². The summed E-state index contributed by atoms with van der Waals surface area (Å²) in [5, 5.41) is 14.9. The van der Waals surface area contributed by atoms with Crippen LogP contribution in [-0.2, 0) is 19.5 Å². The van der Waals surface area contributed by atoms with Crippen LogP contribution >= 0.6 is 15.9 Å². The number of guanidine groups is 1. The van der Waals surface area contributed by atoms with Crippen molar-refractivity contribution in [2.75, 3.05) is 13.1 Å². The summed E-state index contributed by atoms with van der Waals surface area (Å²) < 4.78 is 3.16. The standard InChI is InChI=1S/C18H27BrN6/c1-3-5-10-20-18(22-13-15-6-8-16(19)9-7-15)21-11-12-25-14-23-24-17(25)4-2/h6-9,14H,3-5,10-13H2,1-2H3,(H2,20,21,22). The number of hydrogen-bond acceptors (Lipinski definition) is 3. The molecular formula is C18H27BrN6. The van der Waals surface area contributed by atoms with Gasteiger partial charge in [0.25, 0.3) is 0 Å². The van der Waals surface area contributed by atoms with Crippen LogP contribution in [0.4, 0.5) is 0 Å². The normalized spacial score (nSPS) is 11.6. The van der Waals surface area contributed by atoms with Crippen LogP contribution in [-0.4, -0.2) is 33.8 Å². The lowest BCUT2D eigenvalue weighted by atomic mass is 10.2. The first-order chi connectivity index (χ1) is 12.2. The van der Waals surface area contributed by atoms with Crippen LogP contribution in [0, 0.1) is 0 Å². The van der Waals surface area contributed by atoms with Crippen LogP contribution in [0.3, 0.4) is 0 Å². The molecule has 1 aromatic heterocycles. The minimum atomic E-state index is 0.654. The largest absolute Gasteiger partial charge is 0.356 e. The molecular weight excluding hydrogens is 380 g/mol.